The van der Waals surface area contributed by atoms with Gasteiger partial charge in [-0.3, -0.25) is 4.79 Å². The van der Waals surface area contributed by atoms with E-state index in [2.05, 4.69) is 0 Å². The van der Waals surface area contributed by atoms with E-state index in [9.17, 15) is 14.0 Å². The fraction of sp³-hybridized carbons (Fsp3) is 0.333. The molecule has 0 N–H and O–H groups in total. The summed E-state index contributed by atoms with van der Waals surface area (Å²) in [6.07, 6.45) is 2.64. The summed E-state index contributed by atoms with van der Waals surface area (Å²) in [7, 11) is 0. The normalized spacial score (nSPS) is 16.6. The first kappa shape index (κ1) is 18.1. The van der Waals surface area contributed by atoms with Crippen LogP contribution < -0.4 is 0 Å². The Bertz CT molecular complexity index is 746. The summed E-state index contributed by atoms with van der Waals surface area (Å²) >= 11 is 0. The fourth-order valence-electron chi connectivity index (χ4n) is 3.18. The number of carbonyl (C=O) groups excluding carboxylic acids is 2. The number of imide groups is 1. The molecule has 1 atom stereocenters. The van der Waals surface area contributed by atoms with E-state index in [1.54, 1.807) is 12.1 Å². The molecule has 5 heteroatoms. The van der Waals surface area contributed by atoms with E-state index in [0.717, 1.165) is 24.0 Å². The maximum absolute atomic E-state index is 12.9. The predicted molar refractivity (Wildman–Crippen MR) is 96.1 cm³/mol. The van der Waals surface area contributed by atoms with Crippen molar-refractivity contribution in [2.24, 2.45) is 0 Å². The van der Waals surface area contributed by atoms with Crippen molar-refractivity contribution in [3.05, 3.63) is 71.5 Å². The number of amides is 2. The molecule has 136 valence electrons. The number of hydrogen-bond donors (Lipinski definition) is 0. The molecule has 26 heavy (non-hydrogen) atoms. The van der Waals surface area contributed by atoms with E-state index in [-0.39, 0.29) is 24.4 Å². The van der Waals surface area contributed by atoms with Gasteiger partial charge in [-0.2, -0.15) is 0 Å². The summed E-state index contributed by atoms with van der Waals surface area (Å²) in [5.41, 5.74) is 2.12. The number of nitrogens with zero attached hydrogens (tertiary/aromatic N) is 1. The summed E-state index contributed by atoms with van der Waals surface area (Å²) in [4.78, 5) is 25.7. The van der Waals surface area contributed by atoms with Gasteiger partial charge in [-0.15, -0.1) is 0 Å². The standard InChI is InChI=1S/C21H22FNO3/c22-18-12-10-16(11-13-18)6-4-5-9-20(24)23-19(15-26-21(23)25)14-17-7-2-1-3-8-17/h1-3,7-8,10-13,19H,4-6,9,14-15H2/t19-/m0/s1. The van der Waals surface area contributed by atoms with E-state index in [0.29, 0.717) is 19.3 Å². The Morgan fingerprint density at radius 1 is 1.04 bits per heavy atom. The Hall–Kier alpha value is -2.69. The monoisotopic (exact) mass is 355 g/mol. The first-order chi connectivity index (χ1) is 12.6. The zero-order valence-corrected chi connectivity index (χ0v) is 14.6. The van der Waals surface area contributed by atoms with E-state index < -0.39 is 6.09 Å². The van der Waals surface area contributed by atoms with Gasteiger partial charge < -0.3 is 4.74 Å². The molecular weight excluding hydrogens is 333 g/mol. The maximum atomic E-state index is 12.9. The molecule has 0 saturated carbocycles. The number of carbonyl (C=O) groups is 2. The lowest BCUT2D eigenvalue weighted by Crippen LogP contribution is -2.40. The third-order valence-corrected chi connectivity index (χ3v) is 4.56. The van der Waals surface area contributed by atoms with Crippen molar-refractivity contribution in [3.8, 4) is 0 Å². The smallest absolute Gasteiger partial charge is 0.416 e. The molecular formula is C21H22FNO3. The molecule has 1 fully saturated rings. The van der Waals surface area contributed by atoms with Crippen molar-refractivity contribution in [2.45, 2.75) is 38.1 Å². The first-order valence-corrected chi connectivity index (χ1v) is 8.90. The number of hydrogen-bond acceptors (Lipinski definition) is 3. The number of cyclic esters (lactones) is 1. The van der Waals surface area contributed by atoms with Gasteiger partial charge in [0.2, 0.25) is 5.91 Å². The van der Waals surface area contributed by atoms with Crippen LogP contribution in [0.25, 0.3) is 0 Å². The van der Waals surface area contributed by atoms with Crippen LogP contribution in [-0.4, -0.2) is 29.5 Å². The molecule has 0 aromatic heterocycles. The summed E-state index contributed by atoms with van der Waals surface area (Å²) in [6, 6.07) is 15.9. The van der Waals surface area contributed by atoms with Gasteiger partial charge in [0.25, 0.3) is 0 Å². The van der Waals surface area contributed by atoms with Gasteiger partial charge in [-0.1, -0.05) is 42.5 Å². The SMILES string of the molecule is O=C(CCCCc1ccc(F)cc1)N1C(=O)OC[C@@H]1Cc1ccccc1. The zero-order chi connectivity index (χ0) is 18.4. The lowest BCUT2D eigenvalue weighted by Gasteiger charge is -2.19. The summed E-state index contributed by atoms with van der Waals surface area (Å²) in [6.45, 7) is 0.245. The fourth-order valence-corrected chi connectivity index (χ4v) is 3.18. The zero-order valence-electron chi connectivity index (χ0n) is 14.6. The van der Waals surface area contributed by atoms with Crippen LogP contribution in [-0.2, 0) is 22.4 Å². The topological polar surface area (TPSA) is 46.6 Å². The second-order valence-corrected chi connectivity index (χ2v) is 6.52. The molecule has 0 bridgehead atoms. The molecule has 2 amide bonds. The van der Waals surface area contributed by atoms with E-state index >= 15 is 0 Å². The number of unbranched alkanes of at least 4 members (excludes halogenated alkanes) is 1. The largest absolute Gasteiger partial charge is 0.447 e. The molecule has 1 heterocycles. The Kier molecular flexibility index (Phi) is 6.00. The molecule has 1 saturated heterocycles. The number of benzene rings is 2. The van der Waals surface area contributed by atoms with Gasteiger partial charge in [0.1, 0.15) is 12.4 Å². The van der Waals surface area contributed by atoms with Gasteiger partial charge in [-0.05, 0) is 48.9 Å². The average Bonchev–Trinajstić information content (AvgIpc) is 3.01. The molecule has 0 spiro atoms. The highest BCUT2D eigenvalue weighted by atomic mass is 19.1. The van der Waals surface area contributed by atoms with E-state index in [4.69, 9.17) is 4.74 Å². The van der Waals surface area contributed by atoms with Gasteiger partial charge in [0.15, 0.2) is 0 Å². The number of aryl methyl sites for hydroxylation is 1. The van der Waals surface area contributed by atoms with Crippen LogP contribution in [0.1, 0.15) is 30.4 Å². The lowest BCUT2D eigenvalue weighted by atomic mass is 10.0. The van der Waals surface area contributed by atoms with E-state index in [1.165, 1.54) is 17.0 Å². The van der Waals surface area contributed by atoms with Crippen LogP contribution in [0.4, 0.5) is 9.18 Å². The van der Waals surface area contributed by atoms with Crippen LogP contribution in [0.2, 0.25) is 0 Å². The summed E-state index contributed by atoms with van der Waals surface area (Å²) < 4.78 is 18.0. The molecule has 0 aliphatic carbocycles. The Morgan fingerprint density at radius 2 is 1.77 bits per heavy atom. The highest BCUT2D eigenvalue weighted by molar-refractivity contribution is 5.93. The molecule has 3 rings (SSSR count). The predicted octanol–water partition coefficient (Wildman–Crippen LogP) is 4.13. The molecule has 1 aliphatic heterocycles. The third-order valence-electron chi connectivity index (χ3n) is 4.56. The van der Waals surface area contributed by atoms with Crippen molar-refractivity contribution in [1.82, 2.24) is 4.90 Å². The van der Waals surface area contributed by atoms with Gasteiger partial charge >= 0.3 is 6.09 Å². The van der Waals surface area contributed by atoms with E-state index in [1.807, 2.05) is 30.3 Å². The lowest BCUT2D eigenvalue weighted by molar-refractivity contribution is -0.129. The van der Waals surface area contributed by atoms with Crippen molar-refractivity contribution >= 4 is 12.0 Å². The second-order valence-electron chi connectivity index (χ2n) is 6.52. The molecule has 2 aromatic carbocycles. The minimum Gasteiger partial charge on any atom is -0.447 e. The molecule has 4 nitrogen and oxygen atoms in total. The molecule has 0 unspecified atom stereocenters. The van der Waals surface area contributed by atoms with Crippen LogP contribution in [0.3, 0.4) is 0 Å². The summed E-state index contributed by atoms with van der Waals surface area (Å²) in [5, 5.41) is 0. The Labute approximate surface area is 152 Å². The van der Waals surface area contributed by atoms with Crippen molar-refractivity contribution in [2.75, 3.05) is 6.61 Å². The van der Waals surface area contributed by atoms with Crippen molar-refractivity contribution in [1.29, 1.82) is 0 Å². The first-order valence-electron chi connectivity index (χ1n) is 8.90. The van der Waals surface area contributed by atoms with Gasteiger partial charge in [-0.25, -0.2) is 14.1 Å². The van der Waals surface area contributed by atoms with Crippen LogP contribution >= 0.6 is 0 Å². The quantitative estimate of drug-likeness (QED) is 0.702. The Morgan fingerprint density at radius 3 is 2.50 bits per heavy atom. The van der Waals surface area contributed by atoms with Crippen LogP contribution in [0.15, 0.2) is 54.6 Å². The average molecular weight is 355 g/mol. The van der Waals surface area contributed by atoms with Crippen molar-refractivity contribution < 1.29 is 18.7 Å². The molecule has 2 aromatic rings. The Balaban J connectivity index is 1.48. The van der Waals surface area contributed by atoms with Crippen molar-refractivity contribution in [3.63, 3.8) is 0 Å². The molecule has 1 aliphatic rings. The third kappa shape index (κ3) is 4.69. The second kappa shape index (κ2) is 8.61. The molecule has 0 radical (unpaired) electrons. The van der Waals surface area contributed by atoms with Crippen LogP contribution in [0.5, 0.6) is 0 Å². The van der Waals surface area contributed by atoms with Crippen LogP contribution in [0, 0.1) is 5.82 Å². The minimum atomic E-state index is -0.547. The van der Waals surface area contributed by atoms with Gasteiger partial charge in [0.05, 0.1) is 6.04 Å². The maximum Gasteiger partial charge on any atom is 0.416 e. The number of halogens is 1. The highest BCUT2D eigenvalue weighted by Crippen LogP contribution is 2.19. The number of ether oxygens (including phenoxy) is 1. The minimum absolute atomic E-state index is 0.187. The summed E-state index contributed by atoms with van der Waals surface area (Å²) in [5.74, 6) is -0.437. The number of rotatable bonds is 7. The van der Waals surface area contributed by atoms with Gasteiger partial charge in [0, 0.05) is 6.42 Å². The highest BCUT2D eigenvalue weighted by Gasteiger charge is 2.37.